The molecule has 1 aliphatic rings. The Morgan fingerprint density at radius 3 is 3.20 bits per heavy atom. The zero-order chi connectivity index (χ0) is 13.4. The van der Waals surface area contributed by atoms with E-state index in [-0.39, 0.29) is 6.79 Å². The van der Waals surface area contributed by atoms with Gasteiger partial charge in [0, 0.05) is 12.1 Å². The van der Waals surface area contributed by atoms with Crippen LogP contribution in [0.25, 0.3) is 10.2 Å². The van der Waals surface area contributed by atoms with E-state index in [0.717, 1.165) is 33.1 Å². The van der Waals surface area contributed by atoms with Crippen molar-refractivity contribution in [2.45, 2.75) is 6.54 Å². The van der Waals surface area contributed by atoms with Crippen LogP contribution in [0.3, 0.4) is 0 Å². The third-order valence-electron chi connectivity index (χ3n) is 3.17. The Bertz CT molecular complexity index is 772. The van der Waals surface area contributed by atoms with Gasteiger partial charge in [-0.25, -0.2) is 9.97 Å². The second-order valence-corrected chi connectivity index (χ2v) is 5.28. The quantitative estimate of drug-likeness (QED) is 0.801. The van der Waals surface area contributed by atoms with Gasteiger partial charge >= 0.3 is 0 Å². The second kappa shape index (κ2) is 4.64. The molecule has 0 spiro atoms. The van der Waals surface area contributed by atoms with Gasteiger partial charge in [-0.15, -0.1) is 11.3 Å². The molecular weight excluding hydrogens is 274 g/mol. The van der Waals surface area contributed by atoms with Crippen LogP contribution in [0.4, 0.5) is 5.82 Å². The molecule has 0 saturated heterocycles. The van der Waals surface area contributed by atoms with Gasteiger partial charge in [-0.2, -0.15) is 0 Å². The number of para-hydroxylation sites is 1. The minimum absolute atomic E-state index is 0.287. The fourth-order valence-electron chi connectivity index (χ4n) is 2.22. The molecule has 100 valence electrons. The van der Waals surface area contributed by atoms with Gasteiger partial charge in [0.25, 0.3) is 0 Å². The molecule has 0 saturated carbocycles. The highest BCUT2D eigenvalue weighted by atomic mass is 32.1. The molecule has 0 aliphatic carbocycles. The van der Waals surface area contributed by atoms with E-state index in [2.05, 4.69) is 15.3 Å². The molecule has 1 aliphatic heterocycles. The average Bonchev–Trinajstić information content (AvgIpc) is 3.13. The van der Waals surface area contributed by atoms with Gasteiger partial charge in [0.15, 0.2) is 11.5 Å². The van der Waals surface area contributed by atoms with Crippen molar-refractivity contribution in [2.24, 2.45) is 0 Å². The zero-order valence-electron chi connectivity index (χ0n) is 10.5. The van der Waals surface area contributed by atoms with Crippen LogP contribution in [0.15, 0.2) is 36.0 Å². The molecule has 3 heterocycles. The van der Waals surface area contributed by atoms with Crippen molar-refractivity contribution in [1.29, 1.82) is 0 Å². The highest BCUT2D eigenvalue weighted by Gasteiger charge is 2.17. The Labute approximate surface area is 119 Å². The lowest BCUT2D eigenvalue weighted by Gasteiger charge is -2.08. The van der Waals surface area contributed by atoms with E-state index in [4.69, 9.17) is 9.47 Å². The number of aromatic nitrogens is 2. The number of anilines is 1. The molecule has 1 aromatic carbocycles. The Hall–Kier alpha value is -2.34. The smallest absolute Gasteiger partial charge is 0.231 e. The first-order valence-electron chi connectivity index (χ1n) is 6.21. The number of benzene rings is 1. The number of fused-ring (bicyclic) bond motifs is 2. The van der Waals surface area contributed by atoms with Crippen LogP contribution in [0.5, 0.6) is 11.5 Å². The number of thiophene rings is 1. The van der Waals surface area contributed by atoms with Crippen molar-refractivity contribution in [2.75, 3.05) is 12.1 Å². The predicted molar refractivity (Wildman–Crippen MR) is 77.3 cm³/mol. The van der Waals surface area contributed by atoms with E-state index in [1.165, 1.54) is 0 Å². The van der Waals surface area contributed by atoms with E-state index in [0.29, 0.717) is 6.54 Å². The van der Waals surface area contributed by atoms with Crippen LogP contribution >= 0.6 is 11.3 Å². The van der Waals surface area contributed by atoms with Crippen molar-refractivity contribution in [3.8, 4) is 11.5 Å². The summed E-state index contributed by atoms with van der Waals surface area (Å²) in [6.45, 7) is 0.922. The molecule has 0 unspecified atom stereocenters. The second-order valence-electron chi connectivity index (χ2n) is 4.36. The summed E-state index contributed by atoms with van der Waals surface area (Å²) >= 11 is 1.63. The SMILES string of the molecule is c1cc(CNc2ncnc3ccsc23)c2c(c1)OCO2. The van der Waals surface area contributed by atoms with Crippen LogP contribution in [-0.2, 0) is 6.54 Å². The van der Waals surface area contributed by atoms with E-state index < -0.39 is 0 Å². The Kier molecular flexibility index (Phi) is 2.67. The molecule has 1 N–H and O–H groups in total. The van der Waals surface area contributed by atoms with Crippen LogP contribution in [0.2, 0.25) is 0 Å². The third-order valence-corrected chi connectivity index (χ3v) is 4.08. The number of hydrogen-bond donors (Lipinski definition) is 1. The number of rotatable bonds is 3. The summed E-state index contributed by atoms with van der Waals surface area (Å²) in [5, 5.41) is 5.36. The van der Waals surface area contributed by atoms with Crippen LogP contribution < -0.4 is 14.8 Å². The standard InChI is InChI=1S/C14H11N3O2S/c1-2-9(12-11(3-1)18-8-19-12)6-15-14-13-10(4-5-20-13)16-7-17-14/h1-5,7H,6,8H2,(H,15,16,17). The minimum Gasteiger partial charge on any atom is -0.454 e. The lowest BCUT2D eigenvalue weighted by molar-refractivity contribution is 0.173. The third kappa shape index (κ3) is 1.85. The van der Waals surface area contributed by atoms with Crippen LogP contribution in [0, 0.1) is 0 Å². The van der Waals surface area contributed by atoms with E-state index in [1.54, 1.807) is 17.7 Å². The Morgan fingerprint density at radius 2 is 2.20 bits per heavy atom. The molecule has 6 heteroatoms. The van der Waals surface area contributed by atoms with E-state index >= 15 is 0 Å². The number of ether oxygens (including phenoxy) is 2. The van der Waals surface area contributed by atoms with E-state index in [9.17, 15) is 0 Å². The first kappa shape index (κ1) is 11.5. The summed E-state index contributed by atoms with van der Waals surface area (Å²) in [6.07, 6.45) is 1.58. The summed E-state index contributed by atoms with van der Waals surface area (Å²) in [5.41, 5.74) is 2.02. The summed E-state index contributed by atoms with van der Waals surface area (Å²) in [4.78, 5) is 8.53. The fraction of sp³-hybridized carbons (Fsp3) is 0.143. The summed E-state index contributed by atoms with van der Waals surface area (Å²) in [7, 11) is 0. The average molecular weight is 285 g/mol. The van der Waals surface area contributed by atoms with Crippen molar-refractivity contribution in [3.63, 3.8) is 0 Å². The highest BCUT2D eigenvalue weighted by molar-refractivity contribution is 7.17. The molecule has 0 radical (unpaired) electrons. The van der Waals surface area contributed by atoms with Gasteiger partial charge in [-0.3, -0.25) is 0 Å². The maximum Gasteiger partial charge on any atom is 0.231 e. The lowest BCUT2D eigenvalue weighted by atomic mass is 10.2. The van der Waals surface area contributed by atoms with Gasteiger partial charge in [-0.1, -0.05) is 12.1 Å². The highest BCUT2D eigenvalue weighted by Crippen LogP contribution is 2.35. The molecule has 0 bridgehead atoms. The van der Waals surface area contributed by atoms with Crippen molar-refractivity contribution < 1.29 is 9.47 Å². The Balaban J connectivity index is 1.62. The predicted octanol–water partition coefficient (Wildman–Crippen LogP) is 3.03. The van der Waals surface area contributed by atoms with Gasteiger partial charge < -0.3 is 14.8 Å². The largest absolute Gasteiger partial charge is 0.454 e. The molecule has 5 nitrogen and oxygen atoms in total. The Morgan fingerprint density at radius 1 is 1.20 bits per heavy atom. The topological polar surface area (TPSA) is 56.3 Å². The first-order chi connectivity index (χ1) is 9.92. The minimum atomic E-state index is 0.287. The van der Waals surface area contributed by atoms with Gasteiger partial charge in [-0.05, 0) is 17.5 Å². The number of hydrogen-bond acceptors (Lipinski definition) is 6. The molecule has 20 heavy (non-hydrogen) atoms. The maximum atomic E-state index is 5.50. The molecule has 3 aromatic rings. The van der Waals surface area contributed by atoms with Crippen LogP contribution in [-0.4, -0.2) is 16.8 Å². The zero-order valence-corrected chi connectivity index (χ0v) is 11.3. The fourth-order valence-corrected chi connectivity index (χ4v) is 3.03. The molecule has 0 atom stereocenters. The van der Waals surface area contributed by atoms with Gasteiger partial charge in [0.1, 0.15) is 12.1 Å². The number of nitrogens with one attached hydrogen (secondary N) is 1. The summed E-state index contributed by atoms with van der Waals surface area (Å²) in [6, 6.07) is 7.89. The van der Waals surface area contributed by atoms with Crippen LogP contribution in [0.1, 0.15) is 5.56 Å². The summed E-state index contributed by atoms with van der Waals surface area (Å²) in [5.74, 6) is 2.46. The summed E-state index contributed by atoms with van der Waals surface area (Å²) < 4.78 is 11.9. The molecule has 0 fully saturated rings. The van der Waals surface area contributed by atoms with E-state index in [1.807, 2.05) is 29.6 Å². The molecule has 4 rings (SSSR count). The monoisotopic (exact) mass is 285 g/mol. The molecular formula is C14H11N3O2S. The first-order valence-corrected chi connectivity index (χ1v) is 7.09. The molecule has 2 aromatic heterocycles. The maximum absolute atomic E-state index is 5.50. The van der Waals surface area contributed by atoms with Gasteiger partial charge in [0.05, 0.1) is 10.2 Å². The normalized spacial score (nSPS) is 12.8. The molecule has 0 amide bonds. The lowest BCUT2D eigenvalue weighted by Crippen LogP contribution is -2.03. The van der Waals surface area contributed by atoms with Crippen molar-refractivity contribution >= 4 is 27.4 Å². The van der Waals surface area contributed by atoms with Gasteiger partial charge in [0.2, 0.25) is 6.79 Å². The number of nitrogens with zero attached hydrogens (tertiary/aromatic N) is 2. The van der Waals surface area contributed by atoms with Crippen molar-refractivity contribution in [3.05, 3.63) is 41.5 Å². The van der Waals surface area contributed by atoms with Crippen molar-refractivity contribution in [1.82, 2.24) is 9.97 Å².